The minimum Gasteiger partial charge on any atom is -0.297 e. The Morgan fingerprint density at radius 1 is 1.50 bits per heavy atom. The topological polar surface area (TPSA) is 3.24 Å². The smallest absolute Gasteiger partial charge is 0.0324 e. The zero-order chi connectivity index (χ0) is 7.40. The summed E-state index contributed by atoms with van der Waals surface area (Å²) >= 11 is 0. The van der Waals surface area contributed by atoms with Gasteiger partial charge >= 0.3 is 0 Å². The number of likely N-dealkylation sites (tertiary alicyclic amines) is 1. The van der Waals surface area contributed by atoms with Crippen molar-refractivity contribution in [2.75, 3.05) is 13.1 Å². The predicted molar refractivity (Wildman–Crippen MR) is 44.0 cm³/mol. The molecule has 0 amide bonds. The summed E-state index contributed by atoms with van der Waals surface area (Å²) in [6.45, 7) is 8.26. The summed E-state index contributed by atoms with van der Waals surface area (Å²) in [5, 5.41) is 0. The van der Waals surface area contributed by atoms with Crippen LogP contribution in [-0.2, 0) is 0 Å². The first-order valence-corrected chi connectivity index (χ1v) is 3.94. The Labute approximate surface area is 63.0 Å². The molecular weight excluding hydrogens is 122 g/mol. The largest absolute Gasteiger partial charge is 0.297 e. The second-order valence-corrected chi connectivity index (χ2v) is 2.85. The lowest BCUT2D eigenvalue weighted by atomic mass is 10.3. The number of hydrogen-bond donors (Lipinski definition) is 0. The molecule has 0 saturated carbocycles. The van der Waals surface area contributed by atoms with Crippen molar-refractivity contribution in [1.82, 2.24) is 4.90 Å². The van der Waals surface area contributed by atoms with Crippen LogP contribution < -0.4 is 0 Å². The maximum atomic E-state index is 3.56. The Morgan fingerprint density at radius 2 is 2.10 bits per heavy atom. The van der Waals surface area contributed by atoms with Crippen LogP contribution in [0.3, 0.4) is 0 Å². The Morgan fingerprint density at radius 3 is 2.60 bits per heavy atom. The van der Waals surface area contributed by atoms with Gasteiger partial charge in [0.2, 0.25) is 0 Å². The van der Waals surface area contributed by atoms with Crippen molar-refractivity contribution in [2.24, 2.45) is 0 Å². The van der Waals surface area contributed by atoms with Crippen molar-refractivity contribution in [1.29, 1.82) is 0 Å². The lowest BCUT2D eigenvalue weighted by Gasteiger charge is -2.19. The molecule has 1 atom stereocenters. The maximum absolute atomic E-state index is 3.56. The van der Waals surface area contributed by atoms with Crippen LogP contribution in [0.1, 0.15) is 19.8 Å². The minimum atomic E-state index is 0.542. The first kappa shape index (κ1) is 7.59. The van der Waals surface area contributed by atoms with Gasteiger partial charge in [-0.3, -0.25) is 4.90 Å². The van der Waals surface area contributed by atoms with Crippen molar-refractivity contribution in [3.05, 3.63) is 18.4 Å². The van der Waals surface area contributed by atoms with Crippen molar-refractivity contribution >= 4 is 0 Å². The van der Waals surface area contributed by atoms with E-state index >= 15 is 0 Å². The summed E-state index contributed by atoms with van der Waals surface area (Å²) in [5.41, 5.74) is 2.83. The van der Waals surface area contributed by atoms with Gasteiger partial charge in [-0.1, -0.05) is 6.58 Å². The van der Waals surface area contributed by atoms with Crippen molar-refractivity contribution < 1.29 is 0 Å². The third kappa shape index (κ3) is 1.73. The van der Waals surface area contributed by atoms with E-state index in [0.29, 0.717) is 6.04 Å². The van der Waals surface area contributed by atoms with Crippen molar-refractivity contribution in [3.8, 4) is 0 Å². The second kappa shape index (κ2) is 3.60. The molecule has 1 aliphatic rings. The molecule has 1 nitrogen and oxygen atoms in total. The molecule has 0 radical (unpaired) electrons. The van der Waals surface area contributed by atoms with E-state index < -0.39 is 0 Å². The van der Waals surface area contributed by atoms with Crippen LogP contribution in [0.15, 0.2) is 18.4 Å². The highest BCUT2D eigenvalue weighted by atomic mass is 15.2. The highest BCUT2D eigenvalue weighted by molar-refractivity contribution is 4.90. The summed E-state index contributed by atoms with van der Waals surface area (Å²) in [4.78, 5) is 2.46. The Bertz CT molecular complexity index is 139. The van der Waals surface area contributed by atoms with Gasteiger partial charge in [0.05, 0.1) is 0 Å². The first-order valence-electron chi connectivity index (χ1n) is 3.94. The lowest BCUT2D eigenvalue weighted by Crippen LogP contribution is -2.27. The average Bonchev–Trinajstić information content (AvgIpc) is 2.38. The molecule has 0 aromatic carbocycles. The standard InChI is InChI=1S/C9H15N/c1-3-6-9(2)10-7-4-5-8-10/h6,9H,1,4-5,7-8H2,2H3. The van der Waals surface area contributed by atoms with Gasteiger partial charge in [0.1, 0.15) is 0 Å². The molecule has 0 bridgehead atoms. The molecule has 1 heteroatoms. The summed E-state index contributed by atoms with van der Waals surface area (Å²) in [6, 6.07) is 0.542. The van der Waals surface area contributed by atoms with Gasteiger partial charge < -0.3 is 0 Å². The third-order valence-corrected chi connectivity index (χ3v) is 2.08. The van der Waals surface area contributed by atoms with Crippen molar-refractivity contribution in [3.63, 3.8) is 0 Å². The average molecular weight is 137 g/mol. The van der Waals surface area contributed by atoms with Crippen LogP contribution in [0, 0.1) is 0 Å². The summed E-state index contributed by atoms with van der Waals surface area (Å²) in [7, 11) is 0. The fraction of sp³-hybridized carbons (Fsp3) is 0.667. The maximum Gasteiger partial charge on any atom is 0.0324 e. The van der Waals surface area contributed by atoms with Gasteiger partial charge in [-0.25, -0.2) is 0 Å². The first-order chi connectivity index (χ1) is 4.84. The van der Waals surface area contributed by atoms with Gasteiger partial charge in [0.15, 0.2) is 0 Å². The molecule has 0 spiro atoms. The van der Waals surface area contributed by atoms with Gasteiger partial charge in [-0.2, -0.15) is 0 Å². The van der Waals surface area contributed by atoms with E-state index in [4.69, 9.17) is 0 Å². The fourth-order valence-corrected chi connectivity index (χ4v) is 1.42. The van der Waals surface area contributed by atoms with E-state index in [9.17, 15) is 0 Å². The third-order valence-electron chi connectivity index (χ3n) is 2.08. The molecule has 1 aliphatic heterocycles. The van der Waals surface area contributed by atoms with E-state index in [1.165, 1.54) is 25.9 Å². The molecule has 1 fully saturated rings. The summed E-state index contributed by atoms with van der Waals surface area (Å²) in [5.74, 6) is 0. The van der Waals surface area contributed by atoms with E-state index in [0.717, 1.165) is 0 Å². The normalized spacial score (nSPS) is 22.1. The molecule has 0 aromatic heterocycles. The molecule has 10 heavy (non-hydrogen) atoms. The molecule has 1 heterocycles. The summed E-state index contributed by atoms with van der Waals surface area (Å²) in [6.07, 6.45) is 4.75. The predicted octanol–water partition coefficient (Wildman–Crippen LogP) is 1.81. The Kier molecular flexibility index (Phi) is 2.73. The SMILES string of the molecule is C=C=CC(C)N1CCCC1. The monoisotopic (exact) mass is 137 g/mol. The second-order valence-electron chi connectivity index (χ2n) is 2.85. The molecule has 56 valence electrons. The molecule has 1 unspecified atom stereocenters. The van der Waals surface area contributed by atoms with E-state index in [1.54, 1.807) is 0 Å². The highest BCUT2D eigenvalue weighted by Gasteiger charge is 2.14. The van der Waals surface area contributed by atoms with Gasteiger partial charge in [-0.15, -0.1) is 5.73 Å². The van der Waals surface area contributed by atoms with Gasteiger partial charge in [-0.05, 0) is 38.9 Å². The van der Waals surface area contributed by atoms with Crippen LogP contribution >= 0.6 is 0 Å². The molecule has 1 rings (SSSR count). The van der Waals surface area contributed by atoms with Crippen LogP contribution in [0.25, 0.3) is 0 Å². The minimum absolute atomic E-state index is 0.542. The molecule has 1 saturated heterocycles. The van der Waals surface area contributed by atoms with Crippen LogP contribution in [0.4, 0.5) is 0 Å². The number of rotatable bonds is 2. The van der Waals surface area contributed by atoms with E-state index in [1.807, 2.05) is 6.08 Å². The fourth-order valence-electron chi connectivity index (χ4n) is 1.42. The summed E-state index contributed by atoms with van der Waals surface area (Å²) < 4.78 is 0. The molecule has 0 aromatic rings. The molecule has 0 aliphatic carbocycles. The van der Waals surface area contributed by atoms with Gasteiger partial charge in [0.25, 0.3) is 0 Å². The molecule has 0 N–H and O–H groups in total. The lowest BCUT2D eigenvalue weighted by molar-refractivity contribution is 0.300. The zero-order valence-corrected chi connectivity index (χ0v) is 6.64. The Hall–Kier alpha value is -0.520. The Balaban J connectivity index is 2.39. The van der Waals surface area contributed by atoms with Crippen LogP contribution in [0.2, 0.25) is 0 Å². The quantitative estimate of drug-likeness (QED) is 0.525. The molecular formula is C9H15N. The van der Waals surface area contributed by atoms with E-state index in [2.05, 4.69) is 24.1 Å². The number of nitrogens with zero attached hydrogens (tertiary/aromatic N) is 1. The van der Waals surface area contributed by atoms with Crippen LogP contribution in [0.5, 0.6) is 0 Å². The van der Waals surface area contributed by atoms with E-state index in [-0.39, 0.29) is 0 Å². The van der Waals surface area contributed by atoms with Crippen molar-refractivity contribution in [2.45, 2.75) is 25.8 Å². The van der Waals surface area contributed by atoms with Gasteiger partial charge in [0, 0.05) is 6.04 Å². The number of hydrogen-bond acceptors (Lipinski definition) is 1. The highest BCUT2D eigenvalue weighted by Crippen LogP contribution is 2.11. The van der Waals surface area contributed by atoms with Crippen LogP contribution in [-0.4, -0.2) is 24.0 Å². The zero-order valence-electron chi connectivity index (χ0n) is 6.64.